The van der Waals surface area contributed by atoms with Crippen LogP contribution >= 0.6 is 11.6 Å². The average molecular weight is 363 g/mol. The second kappa shape index (κ2) is 7.72. The minimum absolute atomic E-state index is 0.00636. The highest BCUT2D eigenvalue weighted by atomic mass is 35.5. The number of carbonyl (C=O) groups excluding carboxylic acids is 2. The van der Waals surface area contributed by atoms with Gasteiger partial charge in [0.25, 0.3) is 5.91 Å². The van der Waals surface area contributed by atoms with Crippen molar-refractivity contribution in [3.63, 3.8) is 0 Å². The van der Waals surface area contributed by atoms with Crippen LogP contribution in [0.4, 0.5) is 0 Å². The van der Waals surface area contributed by atoms with Gasteiger partial charge in [-0.25, -0.2) is 4.79 Å². The maximum Gasteiger partial charge on any atom is 0.373 e. The fourth-order valence-electron chi connectivity index (χ4n) is 2.81. The lowest BCUT2D eigenvalue weighted by Crippen LogP contribution is -2.48. The summed E-state index contributed by atoms with van der Waals surface area (Å²) in [4.78, 5) is 27.9. The standard InChI is InChI=1S/C18H19ClN2O4/c1-24-18(23)16-6-5-15(25-16)12-20-7-9-21(10-8-20)17(22)13-3-2-4-14(19)11-13/h2-6,11H,7-10,12H2,1H3. The van der Waals surface area contributed by atoms with E-state index in [1.807, 2.05) is 4.90 Å². The Morgan fingerprint density at radius 1 is 1.16 bits per heavy atom. The van der Waals surface area contributed by atoms with Gasteiger partial charge in [0.2, 0.25) is 5.76 Å². The molecular formula is C18H19ClN2O4. The average Bonchev–Trinajstić information content (AvgIpc) is 3.09. The number of amides is 1. The van der Waals surface area contributed by atoms with Crippen molar-refractivity contribution in [3.8, 4) is 0 Å². The van der Waals surface area contributed by atoms with Crippen molar-refractivity contribution in [1.29, 1.82) is 0 Å². The molecule has 2 aromatic rings. The molecule has 7 heteroatoms. The Bertz CT molecular complexity index is 766. The Hall–Kier alpha value is -2.31. The molecule has 0 aliphatic carbocycles. The number of hydrogen-bond donors (Lipinski definition) is 0. The Balaban J connectivity index is 1.54. The Labute approximate surface area is 150 Å². The van der Waals surface area contributed by atoms with Crippen LogP contribution in [0.1, 0.15) is 26.7 Å². The van der Waals surface area contributed by atoms with Gasteiger partial charge in [0.1, 0.15) is 5.76 Å². The largest absolute Gasteiger partial charge is 0.463 e. The van der Waals surface area contributed by atoms with E-state index in [0.29, 0.717) is 36.0 Å². The fraction of sp³-hybridized carbons (Fsp3) is 0.333. The number of nitrogens with zero attached hydrogens (tertiary/aromatic N) is 2. The summed E-state index contributed by atoms with van der Waals surface area (Å²) in [6.07, 6.45) is 0. The zero-order valence-corrected chi connectivity index (χ0v) is 14.7. The molecule has 0 saturated carbocycles. The quantitative estimate of drug-likeness (QED) is 0.782. The van der Waals surface area contributed by atoms with Crippen molar-refractivity contribution in [1.82, 2.24) is 9.80 Å². The molecule has 6 nitrogen and oxygen atoms in total. The Kier molecular flexibility index (Phi) is 5.40. The number of carbonyl (C=O) groups is 2. The van der Waals surface area contributed by atoms with Gasteiger partial charge in [-0.15, -0.1) is 0 Å². The van der Waals surface area contributed by atoms with Crippen LogP contribution < -0.4 is 0 Å². The normalized spacial score (nSPS) is 15.2. The number of rotatable bonds is 4. The molecule has 2 heterocycles. The second-order valence-corrected chi connectivity index (χ2v) is 6.27. The number of methoxy groups -OCH3 is 1. The van der Waals surface area contributed by atoms with E-state index in [4.69, 9.17) is 16.0 Å². The van der Waals surface area contributed by atoms with Gasteiger partial charge in [-0.05, 0) is 30.3 Å². The highest BCUT2D eigenvalue weighted by molar-refractivity contribution is 6.30. The van der Waals surface area contributed by atoms with Crippen molar-refractivity contribution in [2.45, 2.75) is 6.54 Å². The van der Waals surface area contributed by atoms with Crippen LogP contribution in [0, 0.1) is 0 Å². The topological polar surface area (TPSA) is 63.0 Å². The molecule has 1 aliphatic rings. The second-order valence-electron chi connectivity index (χ2n) is 5.84. The zero-order valence-electron chi connectivity index (χ0n) is 13.9. The third-order valence-corrected chi connectivity index (χ3v) is 4.39. The number of furan rings is 1. The van der Waals surface area contributed by atoms with E-state index >= 15 is 0 Å². The molecule has 0 bridgehead atoms. The highest BCUT2D eigenvalue weighted by Gasteiger charge is 2.23. The minimum atomic E-state index is -0.483. The predicted octanol–water partition coefficient (Wildman–Crippen LogP) is 2.68. The van der Waals surface area contributed by atoms with Gasteiger partial charge in [0, 0.05) is 36.8 Å². The third-order valence-electron chi connectivity index (χ3n) is 4.16. The smallest absolute Gasteiger partial charge is 0.373 e. The molecule has 0 radical (unpaired) electrons. The summed E-state index contributed by atoms with van der Waals surface area (Å²) in [7, 11) is 1.32. The molecule has 1 fully saturated rings. The minimum Gasteiger partial charge on any atom is -0.463 e. The summed E-state index contributed by atoms with van der Waals surface area (Å²) in [5, 5.41) is 0.559. The van der Waals surface area contributed by atoms with Crippen LogP contribution in [0.15, 0.2) is 40.8 Å². The molecule has 0 atom stereocenters. The molecule has 0 spiro atoms. The lowest BCUT2D eigenvalue weighted by atomic mass is 10.2. The highest BCUT2D eigenvalue weighted by Crippen LogP contribution is 2.16. The first kappa shape index (κ1) is 17.5. The lowest BCUT2D eigenvalue weighted by Gasteiger charge is -2.34. The molecular weight excluding hydrogens is 344 g/mol. The summed E-state index contributed by atoms with van der Waals surface area (Å²) in [5.74, 6) is 0.415. The molecule has 1 aromatic carbocycles. The van der Waals surface area contributed by atoms with Crippen LogP contribution in [0.3, 0.4) is 0 Å². The first-order valence-corrected chi connectivity index (χ1v) is 8.39. The molecule has 3 rings (SSSR count). The van der Waals surface area contributed by atoms with Gasteiger partial charge in [-0.2, -0.15) is 0 Å². The Morgan fingerprint density at radius 2 is 1.92 bits per heavy atom. The lowest BCUT2D eigenvalue weighted by molar-refractivity contribution is 0.0550. The van der Waals surface area contributed by atoms with Crippen LogP contribution in [0.25, 0.3) is 0 Å². The summed E-state index contributed by atoms with van der Waals surface area (Å²) >= 11 is 5.95. The third kappa shape index (κ3) is 4.21. The monoisotopic (exact) mass is 362 g/mol. The van der Waals surface area contributed by atoms with Gasteiger partial charge >= 0.3 is 5.97 Å². The Morgan fingerprint density at radius 3 is 2.60 bits per heavy atom. The van der Waals surface area contributed by atoms with E-state index in [9.17, 15) is 9.59 Å². The number of benzene rings is 1. The summed E-state index contributed by atoms with van der Waals surface area (Å²) < 4.78 is 10.1. The number of halogens is 1. The fourth-order valence-corrected chi connectivity index (χ4v) is 3.00. The number of hydrogen-bond acceptors (Lipinski definition) is 5. The summed E-state index contributed by atoms with van der Waals surface area (Å²) in [6, 6.07) is 10.4. The van der Waals surface area contributed by atoms with E-state index < -0.39 is 5.97 Å². The first-order chi connectivity index (χ1) is 12.1. The molecule has 1 amide bonds. The van der Waals surface area contributed by atoms with E-state index in [-0.39, 0.29) is 11.7 Å². The van der Waals surface area contributed by atoms with Crippen molar-refractivity contribution in [2.24, 2.45) is 0 Å². The van der Waals surface area contributed by atoms with E-state index in [2.05, 4.69) is 9.64 Å². The van der Waals surface area contributed by atoms with E-state index in [1.54, 1.807) is 36.4 Å². The van der Waals surface area contributed by atoms with E-state index in [1.165, 1.54) is 7.11 Å². The van der Waals surface area contributed by atoms with Crippen LogP contribution in [0.5, 0.6) is 0 Å². The molecule has 1 aromatic heterocycles. The van der Waals surface area contributed by atoms with Crippen molar-refractivity contribution < 1.29 is 18.7 Å². The maximum atomic E-state index is 12.5. The molecule has 1 saturated heterocycles. The van der Waals surface area contributed by atoms with Gasteiger partial charge in [0.05, 0.1) is 13.7 Å². The molecule has 132 valence electrons. The van der Waals surface area contributed by atoms with Crippen LogP contribution in [-0.4, -0.2) is 55.0 Å². The predicted molar refractivity (Wildman–Crippen MR) is 92.7 cm³/mol. The molecule has 25 heavy (non-hydrogen) atoms. The van der Waals surface area contributed by atoms with Gasteiger partial charge < -0.3 is 14.1 Å². The van der Waals surface area contributed by atoms with Gasteiger partial charge in [-0.1, -0.05) is 17.7 Å². The molecule has 1 aliphatic heterocycles. The molecule has 0 N–H and O–H groups in total. The van der Waals surface area contributed by atoms with E-state index in [0.717, 1.165) is 13.1 Å². The number of piperazine rings is 1. The van der Waals surface area contributed by atoms with Crippen molar-refractivity contribution in [2.75, 3.05) is 33.3 Å². The SMILES string of the molecule is COC(=O)c1ccc(CN2CCN(C(=O)c3cccc(Cl)c3)CC2)o1. The van der Waals surface area contributed by atoms with Crippen LogP contribution in [0.2, 0.25) is 5.02 Å². The van der Waals surface area contributed by atoms with Crippen LogP contribution in [-0.2, 0) is 11.3 Å². The number of ether oxygens (including phenoxy) is 1. The first-order valence-electron chi connectivity index (χ1n) is 8.01. The van der Waals surface area contributed by atoms with Gasteiger partial charge in [0.15, 0.2) is 0 Å². The summed E-state index contributed by atoms with van der Waals surface area (Å²) in [6.45, 7) is 3.34. The number of esters is 1. The maximum absolute atomic E-state index is 12.5. The molecule has 0 unspecified atom stereocenters. The van der Waals surface area contributed by atoms with Gasteiger partial charge in [-0.3, -0.25) is 9.69 Å². The van der Waals surface area contributed by atoms with Crippen molar-refractivity contribution in [3.05, 3.63) is 58.5 Å². The summed E-state index contributed by atoms with van der Waals surface area (Å²) in [5.41, 5.74) is 0.606. The zero-order chi connectivity index (χ0) is 17.8. The van der Waals surface area contributed by atoms with Crippen molar-refractivity contribution >= 4 is 23.5 Å².